The summed E-state index contributed by atoms with van der Waals surface area (Å²) in [5.74, 6) is 0.466. The van der Waals surface area contributed by atoms with E-state index >= 15 is 0 Å². The third-order valence-corrected chi connectivity index (χ3v) is 3.13. The molecule has 1 saturated heterocycles. The van der Waals surface area contributed by atoms with Gasteiger partial charge < -0.3 is 10.1 Å². The van der Waals surface area contributed by atoms with Crippen LogP contribution in [0, 0.1) is 5.92 Å². The zero-order chi connectivity index (χ0) is 11.4. The fourth-order valence-corrected chi connectivity index (χ4v) is 2.24. The van der Waals surface area contributed by atoms with Gasteiger partial charge in [0.2, 0.25) is 0 Å². The summed E-state index contributed by atoms with van der Waals surface area (Å²) in [6.07, 6.45) is 3.91. The van der Waals surface area contributed by atoms with Crippen LogP contribution in [0.25, 0.3) is 0 Å². The number of aliphatic hydroxyl groups is 1. The first-order chi connectivity index (χ1) is 7.79. The van der Waals surface area contributed by atoms with Crippen molar-refractivity contribution in [3.8, 4) is 0 Å². The molecule has 1 unspecified atom stereocenters. The minimum Gasteiger partial charge on any atom is -0.396 e. The van der Waals surface area contributed by atoms with Crippen molar-refractivity contribution in [3.05, 3.63) is 24.0 Å². The van der Waals surface area contributed by atoms with Gasteiger partial charge in [0.25, 0.3) is 0 Å². The largest absolute Gasteiger partial charge is 0.396 e. The van der Waals surface area contributed by atoms with Gasteiger partial charge >= 0.3 is 0 Å². The number of carbonyl (C=O) groups is 1. The third-order valence-electron chi connectivity index (χ3n) is 3.13. The molecule has 0 radical (unpaired) electrons. The first-order valence-electron chi connectivity index (χ1n) is 5.79. The predicted molar refractivity (Wildman–Crippen MR) is 61.4 cm³/mol. The van der Waals surface area contributed by atoms with Crippen LogP contribution in [-0.4, -0.2) is 47.0 Å². The molecule has 0 saturated carbocycles. The Kier molecular flexibility index (Phi) is 3.74. The Bertz CT molecular complexity index is 335. The van der Waals surface area contributed by atoms with Crippen molar-refractivity contribution < 1.29 is 9.90 Å². The molecule has 2 N–H and O–H groups in total. The Morgan fingerprint density at radius 3 is 3.19 bits per heavy atom. The molecule has 0 aliphatic carbocycles. The molecular formula is C12H18N2O2. The fraction of sp³-hybridized carbons (Fsp3) is 0.583. The highest BCUT2D eigenvalue weighted by atomic mass is 16.3. The van der Waals surface area contributed by atoms with Crippen LogP contribution in [0.3, 0.4) is 0 Å². The number of hydrogen-bond acceptors (Lipinski definition) is 3. The number of aromatic nitrogens is 1. The minimum atomic E-state index is 0.128. The minimum absolute atomic E-state index is 0.128. The van der Waals surface area contributed by atoms with E-state index in [0.717, 1.165) is 25.9 Å². The number of H-pyrrole nitrogens is 1. The molecule has 0 bridgehead atoms. The standard InChI is InChI=1S/C12H18N2O2/c15-9-10-3-2-6-14(7-10)8-12(16)11-4-1-5-13-11/h1,4-5,10,13,15H,2-3,6-9H2. The summed E-state index contributed by atoms with van der Waals surface area (Å²) in [7, 11) is 0. The molecule has 2 heterocycles. The molecule has 1 fully saturated rings. The van der Waals surface area contributed by atoms with Crippen molar-refractivity contribution >= 4 is 5.78 Å². The van der Waals surface area contributed by atoms with E-state index in [0.29, 0.717) is 18.2 Å². The molecule has 0 aromatic carbocycles. The molecule has 1 aliphatic heterocycles. The number of nitrogens with zero attached hydrogens (tertiary/aromatic N) is 1. The van der Waals surface area contributed by atoms with Gasteiger partial charge in [0, 0.05) is 19.3 Å². The fourth-order valence-electron chi connectivity index (χ4n) is 2.24. The van der Waals surface area contributed by atoms with Crippen LogP contribution in [0.4, 0.5) is 0 Å². The van der Waals surface area contributed by atoms with Gasteiger partial charge in [-0.1, -0.05) is 0 Å². The van der Waals surface area contributed by atoms with E-state index in [4.69, 9.17) is 5.11 Å². The Balaban J connectivity index is 1.87. The summed E-state index contributed by atoms with van der Waals surface area (Å²) in [5.41, 5.74) is 0.672. The van der Waals surface area contributed by atoms with E-state index in [-0.39, 0.29) is 12.4 Å². The molecule has 2 rings (SSSR count). The number of aromatic amines is 1. The quantitative estimate of drug-likeness (QED) is 0.744. The molecule has 0 spiro atoms. The third kappa shape index (κ3) is 2.71. The average molecular weight is 222 g/mol. The highest BCUT2D eigenvalue weighted by Gasteiger charge is 2.21. The molecule has 1 atom stereocenters. The van der Waals surface area contributed by atoms with E-state index in [1.807, 2.05) is 6.07 Å². The number of piperidine rings is 1. The summed E-state index contributed by atoms with van der Waals surface area (Å²) in [5, 5.41) is 9.11. The Hall–Kier alpha value is -1.13. The molecule has 1 aliphatic rings. The Morgan fingerprint density at radius 2 is 2.50 bits per heavy atom. The summed E-state index contributed by atoms with van der Waals surface area (Å²) < 4.78 is 0. The number of aliphatic hydroxyl groups excluding tert-OH is 1. The van der Waals surface area contributed by atoms with E-state index in [9.17, 15) is 4.79 Å². The first kappa shape index (κ1) is 11.4. The summed E-state index contributed by atoms with van der Waals surface area (Å²) in [6, 6.07) is 3.63. The summed E-state index contributed by atoms with van der Waals surface area (Å²) in [6.45, 7) is 2.48. The molecule has 4 nitrogen and oxygen atoms in total. The van der Waals surface area contributed by atoms with Gasteiger partial charge in [0.1, 0.15) is 0 Å². The van der Waals surface area contributed by atoms with E-state index in [1.54, 1.807) is 12.3 Å². The van der Waals surface area contributed by atoms with Gasteiger partial charge in [-0.15, -0.1) is 0 Å². The lowest BCUT2D eigenvalue weighted by Gasteiger charge is -2.30. The lowest BCUT2D eigenvalue weighted by atomic mass is 9.99. The molecule has 88 valence electrons. The van der Waals surface area contributed by atoms with Crippen LogP contribution >= 0.6 is 0 Å². The zero-order valence-electron chi connectivity index (χ0n) is 9.35. The monoisotopic (exact) mass is 222 g/mol. The van der Waals surface area contributed by atoms with Crippen LogP contribution in [0.2, 0.25) is 0 Å². The number of rotatable bonds is 4. The first-order valence-corrected chi connectivity index (χ1v) is 5.79. The smallest absolute Gasteiger partial charge is 0.192 e. The highest BCUT2D eigenvalue weighted by Crippen LogP contribution is 2.15. The van der Waals surface area contributed by atoms with Crippen molar-refractivity contribution in [2.24, 2.45) is 5.92 Å². The predicted octanol–water partition coefficient (Wildman–Crippen LogP) is 0.902. The topological polar surface area (TPSA) is 56.3 Å². The van der Waals surface area contributed by atoms with Crippen LogP contribution in [0.1, 0.15) is 23.3 Å². The van der Waals surface area contributed by atoms with Crippen molar-refractivity contribution in [2.75, 3.05) is 26.2 Å². The van der Waals surface area contributed by atoms with Gasteiger partial charge in [0.05, 0.1) is 12.2 Å². The normalized spacial score (nSPS) is 22.2. The number of likely N-dealkylation sites (tertiary alicyclic amines) is 1. The summed E-state index contributed by atoms with van der Waals surface area (Å²) in [4.78, 5) is 16.9. The van der Waals surface area contributed by atoms with Gasteiger partial charge in [-0.2, -0.15) is 0 Å². The second kappa shape index (κ2) is 5.27. The lowest BCUT2D eigenvalue weighted by molar-refractivity contribution is 0.0829. The van der Waals surface area contributed by atoms with Gasteiger partial charge in [-0.05, 0) is 37.4 Å². The van der Waals surface area contributed by atoms with Crippen molar-refractivity contribution in [2.45, 2.75) is 12.8 Å². The SMILES string of the molecule is O=C(CN1CCCC(CO)C1)c1ccc[nH]1. The number of nitrogens with one attached hydrogen (secondary N) is 1. The number of hydrogen-bond donors (Lipinski definition) is 2. The Morgan fingerprint density at radius 1 is 1.62 bits per heavy atom. The van der Waals surface area contributed by atoms with E-state index < -0.39 is 0 Å². The Labute approximate surface area is 95.3 Å². The lowest BCUT2D eigenvalue weighted by Crippen LogP contribution is -2.39. The van der Waals surface area contributed by atoms with Crippen LogP contribution in [0.5, 0.6) is 0 Å². The second-order valence-corrected chi connectivity index (χ2v) is 4.43. The van der Waals surface area contributed by atoms with Crippen molar-refractivity contribution in [1.29, 1.82) is 0 Å². The number of Topliss-reactive ketones (excluding diaryl/α,β-unsaturated/α-hetero) is 1. The van der Waals surface area contributed by atoms with E-state index in [1.165, 1.54) is 0 Å². The van der Waals surface area contributed by atoms with Crippen LogP contribution in [0.15, 0.2) is 18.3 Å². The van der Waals surface area contributed by atoms with Gasteiger partial charge in [-0.3, -0.25) is 9.69 Å². The molecule has 1 aromatic rings. The van der Waals surface area contributed by atoms with Crippen LogP contribution in [-0.2, 0) is 0 Å². The second-order valence-electron chi connectivity index (χ2n) is 4.43. The average Bonchev–Trinajstić information content (AvgIpc) is 2.83. The molecule has 1 aromatic heterocycles. The van der Waals surface area contributed by atoms with Gasteiger partial charge in [0.15, 0.2) is 5.78 Å². The highest BCUT2D eigenvalue weighted by molar-refractivity contribution is 5.95. The molecule has 16 heavy (non-hydrogen) atoms. The molecular weight excluding hydrogens is 204 g/mol. The maximum atomic E-state index is 11.8. The van der Waals surface area contributed by atoms with E-state index in [2.05, 4.69) is 9.88 Å². The maximum Gasteiger partial charge on any atom is 0.192 e. The maximum absolute atomic E-state index is 11.8. The van der Waals surface area contributed by atoms with Crippen molar-refractivity contribution in [1.82, 2.24) is 9.88 Å². The number of ketones is 1. The summed E-state index contributed by atoms with van der Waals surface area (Å²) >= 11 is 0. The molecule has 0 amide bonds. The van der Waals surface area contributed by atoms with Gasteiger partial charge in [-0.25, -0.2) is 0 Å². The zero-order valence-corrected chi connectivity index (χ0v) is 9.35. The van der Waals surface area contributed by atoms with Crippen molar-refractivity contribution in [3.63, 3.8) is 0 Å². The molecule has 4 heteroatoms. The number of carbonyl (C=O) groups excluding carboxylic acids is 1. The van der Waals surface area contributed by atoms with Crippen LogP contribution < -0.4 is 0 Å².